The first kappa shape index (κ1) is 15.4. The van der Waals surface area contributed by atoms with E-state index in [4.69, 9.17) is 10.5 Å². The highest BCUT2D eigenvalue weighted by molar-refractivity contribution is 5.28. The Morgan fingerprint density at radius 1 is 1.05 bits per heavy atom. The molecule has 0 aliphatic rings. The van der Waals surface area contributed by atoms with Crippen molar-refractivity contribution >= 4 is 0 Å². The number of ether oxygens (including phenoxy) is 1. The molecule has 2 rings (SSSR count). The van der Waals surface area contributed by atoms with E-state index in [1.165, 1.54) is 12.1 Å². The van der Waals surface area contributed by atoms with E-state index in [2.05, 4.69) is 0 Å². The van der Waals surface area contributed by atoms with Crippen molar-refractivity contribution in [1.29, 1.82) is 0 Å². The zero-order valence-electron chi connectivity index (χ0n) is 11.4. The molecule has 112 valence electrons. The van der Waals surface area contributed by atoms with Crippen LogP contribution in [0.5, 0.6) is 5.75 Å². The van der Waals surface area contributed by atoms with E-state index in [-0.39, 0.29) is 0 Å². The van der Waals surface area contributed by atoms with Crippen molar-refractivity contribution in [2.45, 2.75) is 12.3 Å². The third-order valence-corrected chi connectivity index (χ3v) is 3.02. The summed E-state index contributed by atoms with van der Waals surface area (Å²) in [5, 5.41) is 0. The standard InChI is InChI=1S/C16H16F3NO/c17-14-3-1-2-13(10-14)16(18,19)11-21-15-6-4-12(5-7-15)8-9-20/h1-7,10H,8-9,11,20H2. The molecule has 0 saturated heterocycles. The largest absolute Gasteiger partial charge is 0.487 e. The zero-order valence-corrected chi connectivity index (χ0v) is 11.4. The smallest absolute Gasteiger partial charge is 0.306 e. The van der Waals surface area contributed by atoms with Crippen molar-refractivity contribution in [3.8, 4) is 5.75 Å². The maximum absolute atomic E-state index is 13.9. The van der Waals surface area contributed by atoms with Gasteiger partial charge in [-0.3, -0.25) is 0 Å². The summed E-state index contributed by atoms with van der Waals surface area (Å²) in [6.45, 7) is -0.315. The number of benzene rings is 2. The second-order valence-electron chi connectivity index (χ2n) is 4.69. The van der Waals surface area contributed by atoms with E-state index in [1.807, 2.05) is 0 Å². The fourth-order valence-corrected chi connectivity index (χ4v) is 1.89. The first-order chi connectivity index (χ1) is 10.0. The Labute approximate surface area is 121 Å². The van der Waals surface area contributed by atoms with E-state index >= 15 is 0 Å². The number of hydrogen-bond acceptors (Lipinski definition) is 2. The van der Waals surface area contributed by atoms with E-state index < -0.39 is 23.9 Å². The highest BCUT2D eigenvalue weighted by Gasteiger charge is 2.33. The lowest BCUT2D eigenvalue weighted by molar-refractivity contribution is -0.0469. The Balaban J connectivity index is 2.01. The average Bonchev–Trinajstić information content (AvgIpc) is 2.47. The summed E-state index contributed by atoms with van der Waals surface area (Å²) in [4.78, 5) is 0. The van der Waals surface area contributed by atoms with E-state index in [0.717, 1.165) is 24.1 Å². The number of nitrogens with two attached hydrogens (primary N) is 1. The van der Waals surface area contributed by atoms with Crippen LogP contribution in [-0.2, 0) is 12.3 Å². The lowest BCUT2D eigenvalue weighted by Gasteiger charge is -2.17. The monoisotopic (exact) mass is 295 g/mol. The molecular formula is C16H16F3NO. The predicted molar refractivity (Wildman–Crippen MR) is 75.0 cm³/mol. The molecule has 0 spiro atoms. The van der Waals surface area contributed by atoms with E-state index in [1.54, 1.807) is 24.3 Å². The minimum Gasteiger partial charge on any atom is -0.487 e. The second-order valence-corrected chi connectivity index (χ2v) is 4.69. The SMILES string of the molecule is NCCc1ccc(OCC(F)(F)c2cccc(F)c2)cc1. The highest BCUT2D eigenvalue weighted by atomic mass is 19.3. The predicted octanol–water partition coefficient (Wildman–Crippen LogP) is 3.50. The summed E-state index contributed by atoms with van der Waals surface area (Å²) in [5.41, 5.74) is 6.04. The van der Waals surface area contributed by atoms with Gasteiger partial charge in [0.2, 0.25) is 0 Å². The van der Waals surface area contributed by atoms with Crippen LogP contribution in [0, 0.1) is 5.82 Å². The summed E-state index contributed by atoms with van der Waals surface area (Å²) in [7, 11) is 0. The van der Waals surface area contributed by atoms with Crippen molar-refractivity contribution < 1.29 is 17.9 Å². The number of rotatable bonds is 6. The van der Waals surface area contributed by atoms with Gasteiger partial charge >= 0.3 is 5.92 Å². The molecule has 0 aromatic heterocycles. The summed E-state index contributed by atoms with van der Waals surface area (Å²) >= 11 is 0. The molecule has 5 heteroatoms. The Bertz CT molecular complexity index is 584. The van der Waals surface area contributed by atoms with Gasteiger partial charge < -0.3 is 10.5 Å². The normalized spacial score (nSPS) is 11.4. The van der Waals surface area contributed by atoms with Crippen LogP contribution in [0.3, 0.4) is 0 Å². The van der Waals surface area contributed by atoms with Gasteiger partial charge in [-0.25, -0.2) is 4.39 Å². The Kier molecular flexibility index (Phi) is 4.85. The molecule has 0 aliphatic heterocycles. The van der Waals surface area contributed by atoms with Crippen LogP contribution < -0.4 is 10.5 Å². The van der Waals surface area contributed by atoms with Gasteiger partial charge in [0.05, 0.1) is 0 Å². The summed E-state index contributed by atoms with van der Waals surface area (Å²) in [5.74, 6) is -3.61. The lowest BCUT2D eigenvalue weighted by Crippen LogP contribution is -2.23. The van der Waals surface area contributed by atoms with Gasteiger partial charge in [-0.05, 0) is 42.8 Å². The molecule has 2 nitrogen and oxygen atoms in total. The van der Waals surface area contributed by atoms with Crippen LogP contribution in [0.25, 0.3) is 0 Å². The van der Waals surface area contributed by atoms with Crippen LogP contribution in [0.2, 0.25) is 0 Å². The van der Waals surface area contributed by atoms with Gasteiger partial charge in [-0.15, -0.1) is 0 Å². The molecule has 0 amide bonds. The molecule has 0 radical (unpaired) electrons. The number of alkyl halides is 2. The first-order valence-electron chi connectivity index (χ1n) is 6.57. The molecule has 0 saturated carbocycles. The summed E-state index contributed by atoms with van der Waals surface area (Å²) in [6.07, 6.45) is 0.722. The Morgan fingerprint density at radius 3 is 2.38 bits per heavy atom. The van der Waals surface area contributed by atoms with Gasteiger partial charge in [0.25, 0.3) is 0 Å². The molecule has 21 heavy (non-hydrogen) atoms. The third kappa shape index (κ3) is 4.23. The van der Waals surface area contributed by atoms with Gasteiger partial charge in [0, 0.05) is 5.56 Å². The zero-order chi connectivity index (χ0) is 15.3. The molecule has 2 aromatic rings. The maximum Gasteiger partial charge on any atom is 0.306 e. The van der Waals surface area contributed by atoms with Crippen LogP contribution in [0.1, 0.15) is 11.1 Å². The molecule has 0 bridgehead atoms. The number of hydrogen-bond donors (Lipinski definition) is 1. The van der Waals surface area contributed by atoms with Crippen molar-refractivity contribution in [2.24, 2.45) is 5.73 Å². The summed E-state index contributed by atoms with van der Waals surface area (Å²) in [6, 6.07) is 11.2. The van der Waals surface area contributed by atoms with Crippen molar-refractivity contribution in [3.05, 3.63) is 65.5 Å². The van der Waals surface area contributed by atoms with E-state index in [0.29, 0.717) is 12.3 Å². The molecule has 0 aliphatic carbocycles. The molecule has 2 N–H and O–H groups in total. The molecule has 0 heterocycles. The van der Waals surface area contributed by atoms with Crippen molar-refractivity contribution in [1.82, 2.24) is 0 Å². The van der Waals surface area contributed by atoms with Gasteiger partial charge in [-0.2, -0.15) is 8.78 Å². The number of halogens is 3. The molecule has 2 aromatic carbocycles. The fraction of sp³-hybridized carbons (Fsp3) is 0.250. The Hall–Kier alpha value is -2.01. The molecule has 0 unspecified atom stereocenters. The van der Waals surface area contributed by atoms with Crippen LogP contribution in [0.4, 0.5) is 13.2 Å². The van der Waals surface area contributed by atoms with Crippen LogP contribution in [0.15, 0.2) is 48.5 Å². The van der Waals surface area contributed by atoms with Gasteiger partial charge in [0.1, 0.15) is 11.6 Å². The quantitative estimate of drug-likeness (QED) is 0.885. The summed E-state index contributed by atoms with van der Waals surface area (Å²) < 4.78 is 45.9. The van der Waals surface area contributed by atoms with Crippen LogP contribution in [-0.4, -0.2) is 13.2 Å². The van der Waals surface area contributed by atoms with Crippen molar-refractivity contribution in [2.75, 3.05) is 13.2 Å². The topological polar surface area (TPSA) is 35.2 Å². The lowest BCUT2D eigenvalue weighted by atomic mass is 10.1. The van der Waals surface area contributed by atoms with Crippen LogP contribution >= 0.6 is 0 Å². The molecular weight excluding hydrogens is 279 g/mol. The van der Waals surface area contributed by atoms with Gasteiger partial charge in [0.15, 0.2) is 6.61 Å². The van der Waals surface area contributed by atoms with E-state index in [9.17, 15) is 13.2 Å². The molecule has 0 atom stereocenters. The minimum absolute atomic E-state index is 0.340. The second kappa shape index (κ2) is 6.63. The third-order valence-electron chi connectivity index (χ3n) is 3.02. The fourth-order valence-electron chi connectivity index (χ4n) is 1.89. The average molecular weight is 295 g/mol. The first-order valence-corrected chi connectivity index (χ1v) is 6.57. The van der Waals surface area contributed by atoms with Gasteiger partial charge in [-0.1, -0.05) is 24.3 Å². The van der Waals surface area contributed by atoms with Crippen molar-refractivity contribution in [3.63, 3.8) is 0 Å². The highest BCUT2D eigenvalue weighted by Crippen LogP contribution is 2.29. The Morgan fingerprint density at radius 2 is 1.76 bits per heavy atom. The maximum atomic E-state index is 13.9. The minimum atomic E-state index is -3.25. The molecule has 0 fully saturated rings.